The Morgan fingerprint density at radius 2 is 2.06 bits per heavy atom. The van der Waals surface area contributed by atoms with Crippen molar-refractivity contribution in [3.05, 3.63) is 29.6 Å². The van der Waals surface area contributed by atoms with Crippen LogP contribution in [0.2, 0.25) is 0 Å². The number of imidazole rings is 1. The first-order valence-corrected chi connectivity index (χ1v) is 7.07. The molecule has 0 unspecified atom stereocenters. The van der Waals surface area contributed by atoms with E-state index in [9.17, 15) is 0 Å². The highest BCUT2D eigenvalue weighted by Gasteiger charge is 2.24. The number of rotatable bonds is 4. The highest BCUT2D eigenvalue weighted by atomic mass is 35.5. The fourth-order valence-electron chi connectivity index (χ4n) is 2.72. The lowest BCUT2D eigenvalue weighted by atomic mass is 9.98. The predicted molar refractivity (Wildman–Crippen MR) is 78.3 cm³/mol. The van der Waals surface area contributed by atoms with Crippen molar-refractivity contribution in [2.24, 2.45) is 0 Å². The summed E-state index contributed by atoms with van der Waals surface area (Å²) in [7, 11) is 0. The van der Waals surface area contributed by atoms with E-state index in [0.717, 1.165) is 24.2 Å². The Labute approximate surface area is 114 Å². The maximum absolute atomic E-state index is 6.07. The van der Waals surface area contributed by atoms with E-state index in [2.05, 4.69) is 55.4 Å². The number of hydrogen-bond donors (Lipinski definition) is 0. The first-order chi connectivity index (χ1) is 8.49. The first kappa shape index (κ1) is 13.4. The van der Waals surface area contributed by atoms with E-state index < -0.39 is 0 Å². The van der Waals surface area contributed by atoms with Crippen LogP contribution in [0, 0.1) is 6.92 Å². The number of nitrogens with zero attached hydrogens (tertiary/aromatic N) is 2. The molecule has 0 aliphatic heterocycles. The number of fused-ring (bicyclic) bond motifs is 1. The molecule has 0 saturated carbocycles. The van der Waals surface area contributed by atoms with Crippen LogP contribution in [-0.4, -0.2) is 9.55 Å². The molecule has 0 radical (unpaired) electrons. The fraction of sp³-hybridized carbons (Fsp3) is 0.533. The summed E-state index contributed by atoms with van der Waals surface area (Å²) in [6.45, 7) is 8.85. The molecule has 0 saturated heterocycles. The summed E-state index contributed by atoms with van der Waals surface area (Å²) in [6, 6.07) is 6.39. The molecule has 1 heterocycles. The first-order valence-electron chi connectivity index (χ1n) is 6.54. The zero-order valence-electron chi connectivity index (χ0n) is 11.6. The molecule has 98 valence electrons. The Morgan fingerprint density at radius 3 is 2.67 bits per heavy atom. The van der Waals surface area contributed by atoms with Crippen molar-refractivity contribution in [2.75, 3.05) is 0 Å². The Kier molecular flexibility index (Phi) is 3.67. The summed E-state index contributed by atoms with van der Waals surface area (Å²) in [5.41, 5.74) is 3.56. The second-order valence-electron chi connectivity index (χ2n) is 5.55. The Bertz CT molecular complexity index is 555. The van der Waals surface area contributed by atoms with Crippen LogP contribution in [0.25, 0.3) is 11.0 Å². The largest absolute Gasteiger partial charge is 0.321 e. The number of halogens is 1. The van der Waals surface area contributed by atoms with E-state index in [1.807, 2.05) is 0 Å². The van der Waals surface area contributed by atoms with Crippen LogP contribution in [0.5, 0.6) is 0 Å². The zero-order chi connectivity index (χ0) is 13.3. The van der Waals surface area contributed by atoms with Gasteiger partial charge >= 0.3 is 0 Å². The van der Waals surface area contributed by atoms with Crippen molar-refractivity contribution in [1.82, 2.24) is 9.55 Å². The maximum atomic E-state index is 6.07. The van der Waals surface area contributed by atoms with Crippen LogP contribution in [0.3, 0.4) is 0 Å². The third-order valence-corrected chi connectivity index (χ3v) is 3.71. The maximum Gasteiger partial charge on any atom is 0.125 e. The summed E-state index contributed by atoms with van der Waals surface area (Å²) in [6.07, 6.45) is 2.27. The lowest BCUT2D eigenvalue weighted by Crippen LogP contribution is -2.27. The van der Waals surface area contributed by atoms with Gasteiger partial charge in [-0.05, 0) is 44.9 Å². The summed E-state index contributed by atoms with van der Waals surface area (Å²) < 4.78 is 2.31. The summed E-state index contributed by atoms with van der Waals surface area (Å²) in [5, 5.41) is 0. The van der Waals surface area contributed by atoms with Crippen LogP contribution in [0.4, 0.5) is 0 Å². The van der Waals surface area contributed by atoms with Gasteiger partial charge < -0.3 is 4.57 Å². The highest BCUT2D eigenvalue weighted by Crippen LogP contribution is 2.30. The molecular weight excluding hydrogens is 244 g/mol. The molecule has 18 heavy (non-hydrogen) atoms. The minimum absolute atomic E-state index is 0.0571. The van der Waals surface area contributed by atoms with E-state index >= 15 is 0 Å². The molecule has 1 aromatic carbocycles. The lowest BCUT2D eigenvalue weighted by Gasteiger charge is -2.29. The number of aryl methyl sites for hydroxylation is 1. The third-order valence-electron chi connectivity index (χ3n) is 3.47. The van der Waals surface area contributed by atoms with Crippen molar-refractivity contribution in [3.8, 4) is 0 Å². The quantitative estimate of drug-likeness (QED) is 0.737. The van der Waals surface area contributed by atoms with Crippen LogP contribution >= 0.6 is 11.6 Å². The Balaban J connectivity index is 2.69. The molecule has 0 atom stereocenters. The van der Waals surface area contributed by atoms with Crippen LogP contribution < -0.4 is 0 Å². The van der Waals surface area contributed by atoms with Gasteiger partial charge in [-0.1, -0.05) is 19.4 Å². The normalized spacial score (nSPS) is 12.3. The van der Waals surface area contributed by atoms with Gasteiger partial charge in [-0.25, -0.2) is 4.98 Å². The van der Waals surface area contributed by atoms with Gasteiger partial charge in [-0.2, -0.15) is 0 Å². The number of alkyl halides is 1. The standard InChI is InChI=1S/C15H21ClN2/c1-5-8-15(3,4)18-13-9-11(2)6-7-12(13)17-14(18)10-16/h6-7,9H,5,8,10H2,1-4H3. The zero-order valence-corrected chi connectivity index (χ0v) is 12.4. The molecule has 0 N–H and O–H groups in total. The van der Waals surface area contributed by atoms with E-state index in [-0.39, 0.29) is 5.54 Å². The predicted octanol–water partition coefficient (Wildman–Crippen LogP) is 4.62. The molecule has 0 fully saturated rings. The van der Waals surface area contributed by atoms with Crippen molar-refractivity contribution >= 4 is 22.6 Å². The van der Waals surface area contributed by atoms with E-state index in [1.54, 1.807) is 0 Å². The average molecular weight is 265 g/mol. The van der Waals surface area contributed by atoms with Crippen molar-refractivity contribution in [2.45, 2.75) is 52.0 Å². The van der Waals surface area contributed by atoms with Gasteiger partial charge in [0.1, 0.15) is 5.82 Å². The molecule has 0 aliphatic rings. The SMILES string of the molecule is CCCC(C)(C)n1c(CCl)nc2ccc(C)cc21. The molecular formula is C15H21ClN2. The smallest absolute Gasteiger partial charge is 0.125 e. The fourth-order valence-corrected chi connectivity index (χ4v) is 2.90. The second kappa shape index (κ2) is 4.93. The summed E-state index contributed by atoms with van der Waals surface area (Å²) in [4.78, 5) is 4.65. The van der Waals surface area contributed by atoms with Crippen molar-refractivity contribution in [1.29, 1.82) is 0 Å². The van der Waals surface area contributed by atoms with Crippen molar-refractivity contribution in [3.63, 3.8) is 0 Å². The Morgan fingerprint density at radius 1 is 1.33 bits per heavy atom. The summed E-state index contributed by atoms with van der Waals surface area (Å²) >= 11 is 6.07. The van der Waals surface area contributed by atoms with Crippen LogP contribution in [-0.2, 0) is 11.4 Å². The number of aromatic nitrogens is 2. The van der Waals surface area contributed by atoms with E-state index in [1.165, 1.54) is 11.1 Å². The lowest BCUT2D eigenvalue weighted by molar-refractivity contribution is 0.326. The minimum Gasteiger partial charge on any atom is -0.321 e. The molecule has 0 spiro atoms. The molecule has 2 aromatic rings. The minimum atomic E-state index is 0.0571. The monoisotopic (exact) mass is 264 g/mol. The van der Waals surface area contributed by atoms with Gasteiger partial charge in [-0.3, -0.25) is 0 Å². The number of benzene rings is 1. The molecule has 0 amide bonds. The van der Waals surface area contributed by atoms with Crippen LogP contribution in [0.15, 0.2) is 18.2 Å². The Hall–Kier alpha value is -1.02. The third kappa shape index (κ3) is 2.26. The van der Waals surface area contributed by atoms with Gasteiger partial charge in [0, 0.05) is 5.54 Å². The average Bonchev–Trinajstić information content (AvgIpc) is 2.67. The van der Waals surface area contributed by atoms with Gasteiger partial charge in [-0.15, -0.1) is 11.6 Å². The number of hydrogen-bond acceptors (Lipinski definition) is 1. The molecule has 2 rings (SSSR count). The van der Waals surface area contributed by atoms with Gasteiger partial charge in [0.05, 0.1) is 16.9 Å². The van der Waals surface area contributed by atoms with Gasteiger partial charge in [0.2, 0.25) is 0 Å². The molecule has 0 aliphatic carbocycles. The topological polar surface area (TPSA) is 17.8 Å². The second-order valence-corrected chi connectivity index (χ2v) is 5.82. The molecule has 0 bridgehead atoms. The van der Waals surface area contributed by atoms with Crippen molar-refractivity contribution < 1.29 is 0 Å². The summed E-state index contributed by atoms with van der Waals surface area (Å²) in [5.74, 6) is 1.43. The highest BCUT2D eigenvalue weighted by molar-refractivity contribution is 6.16. The van der Waals surface area contributed by atoms with E-state index in [0.29, 0.717) is 5.88 Å². The van der Waals surface area contributed by atoms with Crippen LogP contribution in [0.1, 0.15) is 45.0 Å². The van der Waals surface area contributed by atoms with Gasteiger partial charge in [0.25, 0.3) is 0 Å². The van der Waals surface area contributed by atoms with E-state index in [4.69, 9.17) is 11.6 Å². The van der Waals surface area contributed by atoms with Gasteiger partial charge in [0.15, 0.2) is 0 Å². The molecule has 2 nitrogen and oxygen atoms in total. The molecule has 3 heteroatoms. The molecule has 1 aromatic heterocycles.